The topological polar surface area (TPSA) is 98.3 Å². The van der Waals surface area contributed by atoms with Gasteiger partial charge in [-0.2, -0.15) is 8.42 Å². The second-order valence-electron chi connectivity index (χ2n) is 3.61. The van der Waals surface area contributed by atoms with Crippen LogP contribution in [0.3, 0.4) is 0 Å². The van der Waals surface area contributed by atoms with Crippen LogP contribution in [0.25, 0.3) is 0 Å². The highest BCUT2D eigenvalue weighted by molar-refractivity contribution is 7.90. The summed E-state index contributed by atoms with van der Waals surface area (Å²) in [6.07, 6.45) is 2.46. The highest BCUT2D eigenvalue weighted by Gasteiger charge is 2.17. The van der Waals surface area contributed by atoms with Gasteiger partial charge in [-0.1, -0.05) is 35.3 Å². The quantitative estimate of drug-likeness (QED) is 0.684. The van der Waals surface area contributed by atoms with Gasteiger partial charge >= 0.3 is 0 Å². The van der Waals surface area contributed by atoms with E-state index in [4.69, 9.17) is 28.9 Å². The van der Waals surface area contributed by atoms with Crippen LogP contribution in [0.1, 0.15) is 5.69 Å². The molecule has 0 unspecified atom stereocenters. The molecule has 2 aromatic rings. The summed E-state index contributed by atoms with van der Waals surface area (Å²) in [5.41, 5.74) is 5.70. The molecule has 0 aliphatic carbocycles. The maximum absolute atomic E-state index is 12.1. The fourth-order valence-electron chi connectivity index (χ4n) is 1.32. The summed E-state index contributed by atoms with van der Waals surface area (Å²) in [6, 6.07) is 5.93. The molecule has 0 radical (unpaired) electrons. The molecule has 0 fully saturated rings. The Kier molecular flexibility index (Phi) is 4.22. The monoisotopic (exact) mass is 330 g/mol. The largest absolute Gasteiger partial charge is 0.381 e. The van der Waals surface area contributed by atoms with Gasteiger partial charge in [0.2, 0.25) is 0 Å². The lowest BCUT2D eigenvalue weighted by Crippen LogP contribution is -2.18. The second kappa shape index (κ2) is 5.74. The Hall–Kier alpha value is -1.70. The van der Waals surface area contributed by atoms with Crippen molar-refractivity contribution in [1.82, 2.24) is 9.97 Å². The van der Waals surface area contributed by atoms with Gasteiger partial charge in [0.25, 0.3) is 10.0 Å². The fraction of sp³-hybridized carbons (Fsp3) is 0. The zero-order valence-electron chi connectivity index (χ0n) is 9.86. The third-order valence-electron chi connectivity index (χ3n) is 2.22. The Balaban J connectivity index is 2.43. The minimum absolute atomic E-state index is 0.0613. The van der Waals surface area contributed by atoms with Crippen LogP contribution in [-0.4, -0.2) is 24.2 Å². The molecule has 1 aromatic carbocycles. The molecule has 0 saturated carbocycles. The van der Waals surface area contributed by atoms with E-state index in [0.29, 0.717) is 0 Å². The molecule has 0 saturated heterocycles. The normalized spacial score (nSPS) is 12.4. The zero-order chi connectivity index (χ0) is 14.8. The van der Waals surface area contributed by atoms with E-state index in [2.05, 4.69) is 14.4 Å². The number of benzene rings is 1. The summed E-state index contributed by atoms with van der Waals surface area (Å²) < 4.78 is 27.6. The molecule has 1 aromatic heterocycles. The van der Waals surface area contributed by atoms with E-state index < -0.39 is 10.0 Å². The van der Waals surface area contributed by atoms with E-state index in [1.165, 1.54) is 30.6 Å². The van der Waals surface area contributed by atoms with Gasteiger partial charge in [-0.15, -0.1) is 4.40 Å². The van der Waals surface area contributed by atoms with Gasteiger partial charge in [-0.3, -0.25) is 0 Å². The molecule has 2 rings (SSSR count). The van der Waals surface area contributed by atoms with E-state index in [1.54, 1.807) is 6.07 Å². The number of amidine groups is 1. The highest BCUT2D eigenvalue weighted by Crippen LogP contribution is 2.22. The van der Waals surface area contributed by atoms with E-state index in [0.717, 1.165) is 0 Å². The fourth-order valence-corrected chi connectivity index (χ4v) is 2.87. The lowest BCUT2D eigenvalue weighted by molar-refractivity contribution is 0.598. The first-order valence-electron chi connectivity index (χ1n) is 5.23. The molecule has 6 nitrogen and oxygen atoms in total. The standard InChI is InChI=1S/C11H8Cl2N4O2S/c12-7-3-1-2-4-9(7)20(18,19)17-11(14)8-5-16-10(13)6-15-8/h1-6H,(H2,14,17). The zero-order valence-corrected chi connectivity index (χ0v) is 12.2. The van der Waals surface area contributed by atoms with E-state index in [-0.39, 0.29) is 26.6 Å². The van der Waals surface area contributed by atoms with Crippen molar-refractivity contribution < 1.29 is 8.42 Å². The minimum atomic E-state index is -4.02. The Labute approximate surface area is 125 Å². The Morgan fingerprint density at radius 2 is 1.85 bits per heavy atom. The number of sulfonamides is 1. The average Bonchev–Trinajstić information content (AvgIpc) is 2.39. The van der Waals surface area contributed by atoms with Crippen LogP contribution < -0.4 is 5.73 Å². The number of hydrogen-bond donors (Lipinski definition) is 1. The molecule has 0 bridgehead atoms. The van der Waals surface area contributed by atoms with Crippen molar-refractivity contribution in [2.45, 2.75) is 4.90 Å². The molecular weight excluding hydrogens is 323 g/mol. The lowest BCUT2D eigenvalue weighted by atomic mass is 10.4. The summed E-state index contributed by atoms with van der Waals surface area (Å²) in [5, 5.41) is 0.224. The number of hydrogen-bond acceptors (Lipinski definition) is 4. The Bertz CT molecular complexity index is 760. The molecule has 0 amide bonds. The summed E-state index contributed by atoms with van der Waals surface area (Å²) in [4.78, 5) is 7.44. The lowest BCUT2D eigenvalue weighted by Gasteiger charge is -2.03. The van der Waals surface area contributed by atoms with Gasteiger partial charge in [0.05, 0.1) is 17.4 Å². The van der Waals surface area contributed by atoms with Gasteiger partial charge in [0.15, 0.2) is 5.84 Å². The predicted octanol–water partition coefficient (Wildman–Crippen LogP) is 1.88. The van der Waals surface area contributed by atoms with E-state index >= 15 is 0 Å². The maximum atomic E-state index is 12.1. The number of nitrogens with two attached hydrogens (primary N) is 1. The predicted molar refractivity (Wildman–Crippen MR) is 76.4 cm³/mol. The van der Waals surface area contributed by atoms with Gasteiger partial charge in [-0.05, 0) is 12.1 Å². The van der Waals surface area contributed by atoms with Crippen molar-refractivity contribution in [1.29, 1.82) is 0 Å². The summed E-state index contributed by atoms with van der Waals surface area (Å²) in [6.45, 7) is 0. The van der Waals surface area contributed by atoms with Crippen LogP contribution in [0.5, 0.6) is 0 Å². The van der Waals surface area contributed by atoms with Crippen LogP contribution >= 0.6 is 23.2 Å². The molecule has 0 atom stereocenters. The number of halogens is 2. The third kappa shape index (κ3) is 3.24. The molecule has 104 valence electrons. The molecule has 0 aliphatic rings. The van der Waals surface area contributed by atoms with Crippen molar-refractivity contribution in [2.75, 3.05) is 0 Å². The summed E-state index contributed by atoms with van der Waals surface area (Å²) in [7, 11) is -4.02. The Morgan fingerprint density at radius 1 is 1.15 bits per heavy atom. The third-order valence-corrected chi connectivity index (χ3v) is 4.20. The first-order valence-corrected chi connectivity index (χ1v) is 7.42. The van der Waals surface area contributed by atoms with Crippen molar-refractivity contribution in [3.8, 4) is 0 Å². The maximum Gasteiger partial charge on any atom is 0.285 e. The van der Waals surface area contributed by atoms with Crippen LogP contribution in [0.2, 0.25) is 10.2 Å². The minimum Gasteiger partial charge on any atom is -0.381 e. The first kappa shape index (κ1) is 14.7. The molecule has 0 aliphatic heterocycles. The molecular formula is C11H8Cl2N4O2S. The SMILES string of the molecule is N/C(=N\S(=O)(=O)c1ccccc1Cl)c1cnc(Cl)cn1. The number of rotatable bonds is 3. The van der Waals surface area contributed by atoms with Crippen molar-refractivity contribution in [2.24, 2.45) is 10.1 Å². The molecule has 20 heavy (non-hydrogen) atoms. The number of aromatic nitrogens is 2. The van der Waals surface area contributed by atoms with Crippen LogP contribution in [0.4, 0.5) is 0 Å². The van der Waals surface area contributed by atoms with Crippen molar-refractivity contribution in [3.63, 3.8) is 0 Å². The van der Waals surface area contributed by atoms with Gasteiger partial charge < -0.3 is 5.73 Å². The van der Waals surface area contributed by atoms with Crippen molar-refractivity contribution in [3.05, 3.63) is 52.5 Å². The molecule has 9 heteroatoms. The smallest absolute Gasteiger partial charge is 0.285 e. The van der Waals surface area contributed by atoms with Crippen molar-refractivity contribution >= 4 is 39.1 Å². The van der Waals surface area contributed by atoms with Gasteiger partial charge in [0, 0.05) is 0 Å². The first-order chi connectivity index (χ1) is 9.40. The van der Waals surface area contributed by atoms with E-state index in [1.807, 2.05) is 0 Å². The summed E-state index contributed by atoms with van der Waals surface area (Å²) in [5.74, 6) is -0.297. The number of nitrogens with zero attached hydrogens (tertiary/aromatic N) is 3. The highest BCUT2D eigenvalue weighted by atomic mass is 35.5. The molecule has 1 heterocycles. The van der Waals surface area contributed by atoms with E-state index in [9.17, 15) is 8.42 Å². The second-order valence-corrected chi connectivity index (χ2v) is 5.97. The molecule has 0 spiro atoms. The summed E-state index contributed by atoms with van der Waals surface area (Å²) >= 11 is 11.4. The Morgan fingerprint density at radius 3 is 2.45 bits per heavy atom. The average molecular weight is 331 g/mol. The van der Waals surface area contributed by atoms with Gasteiger partial charge in [-0.25, -0.2) is 9.97 Å². The van der Waals surface area contributed by atoms with Crippen LogP contribution in [0, 0.1) is 0 Å². The molecule has 2 N–H and O–H groups in total. The van der Waals surface area contributed by atoms with Crippen LogP contribution in [-0.2, 0) is 10.0 Å². The van der Waals surface area contributed by atoms with Crippen LogP contribution in [0.15, 0.2) is 46.0 Å². The van der Waals surface area contributed by atoms with Gasteiger partial charge in [0.1, 0.15) is 15.7 Å².